The normalized spacial score (nSPS) is 10.8. The second-order valence-corrected chi connectivity index (χ2v) is 10.6. The van der Waals surface area contributed by atoms with E-state index in [1.54, 1.807) is 14.2 Å². The average Bonchev–Trinajstić information content (AvgIpc) is 2.84. The van der Waals surface area contributed by atoms with Crippen LogP contribution in [0.1, 0.15) is 5.56 Å². The summed E-state index contributed by atoms with van der Waals surface area (Å²) in [6, 6.07) is 38.8. The fraction of sp³-hybridized carbons (Fsp3) is 0.111. The Labute approximate surface area is 191 Å². The summed E-state index contributed by atoms with van der Waals surface area (Å²) >= 11 is 0. The molecule has 31 heavy (non-hydrogen) atoms. The van der Waals surface area contributed by atoms with E-state index in [9.17, 15) is 0 Å². The third-order valence-electron chi connectivity index (χ3n) is 5.48. The highest BCUT2D eigenvalue weighted by molar-refractivity contribution is 7.95. The molecule has 0 aliphatic heterocycles. The summed E-state index contributed by atoms with van der Waals surface area (Å²) < 4.78 is 11.4. The van der Waals surface area contributed by atoms with Crippen molar-refractivity contribution in [2.24, 2.45) is 0 Å². The Balaban J connectivity index is 0.00000272. The molecule has 4 aromatic rings. The van der Waals surface area contributed by atoms with E-state index in [1.165, 1.54) is 15.9 Å². The van der Waals surface area contributed by atoms with Gasteiger partial charge in [0.1, 0.15) is 29.3 Å². The predicted octanol–water partition coefficient (Wildman–Crippen LogP) is 2.20. The van der Waals surface area contributed by atoms with Crippen molar-refractivity contribution in [3.8, 4) is 11.5 Å². The second kappa shape index (κ2) is 10.5. The van der Waals surface area contributed by atoms with Crippen LogP contribution in [-0.4, -0.2) is 14.2 Å². The van der Waals surface area contributed by atoms with Gasteiger partial charge in [-0.3, -0.25) is 0 Å². The van der Waals surface area contributed by atoms with E-state index in [4.69, 9.17) is 9.47 Å². The Morgan fingerprint density at radius 2 is 1.00 bits per heavy atom. The summed E-state index contributed by atoms with van der Waals surface area (Å²) in [6.07, 6.45) is 0.853. The van der Waals surface area contributed by atoms with Crippen LogP contribution >= 0.6 is 7.26 Å². The molecule has 0 unspecified atom stereocenters. The zero-order valence-corrected chi connectivity index (χ0v) is 19.4. The largest absolute Gasteiger partial charge is 1.00 e. The summed E-state index contributed by atoms with van der Waals surface area (Å²) in [5.41, 5.74) is 1.15. The van der Waals surface area contributed by atoms with Gasteiger partial charge in [-0.05, 0) is 42.5 Å². The number of hydrogen-bond acceptors (Lipinski definition) is 2. The summed E-state index contributed by atoms with van der Waals surface area (Å²) in [6.45, 7) is 0. The van der Waals surface area contributed by atoms with Gasteiger partial charge in [-0.15, -0.1) is 0 Å². The first-order valence-electron chi connectivity index (χ1n) is 10.0. The summed E-state index contributed by atoms with van der Waals surface area (Å²) in [5.74, 6) is 1.58. The molecule has 0 fully saturated rings. The van der Waals surface area contributed by atoms with E-state index < -0.39 is 7.26 Å². The van der Waals surface area contributed by atoms with Crippen molar-refractivity contribution in [1.29, 1.82) is 0 Å². The molecule has 0 bridgehead atoms. The van der Waals surface area contributed by atoms with E-state index in [0.717, 1.165) is 23.2 Å². The van der Waals surface area contributed by atoms with E-state index in [-0.39, 0.29) is 12.4 Å². The second-order valence-electron chi connectivity index (χ2n) is 7.13. The lowest BCUT2D eigenvalue weighted by molar-refractivity contribution is -0.00000638. The summed E-state index contributed by atoms with van der Waals surface area (Å²) in [4.78, 5) is 0. The lowest BCUT2D eigenvalue weighted by atomic mass is 10.2. The van der Waals surface area contributed by atoms with Gasteiger partial charge < -0.3 is 21.9 Å². The molecule has 0 atom stereocenters. The van der Waals surface area contributed by atoms with Crippen molar-refractivity contribution in [3.05, 3.63) is 115 Å². The Kier molecular flexibility index (Phi) is 7.74. The van der Waals surface area contributed by atoms with Crippen LogP contribution in [0.4, 0.5) is 0 Å². The van der Waals surface area contributed by atoms with Crippen LogP contribution in [0.25, 0.3) is 0 Å². The highest BCUT2D eigenvalue weighted by atomic mass is 35.5. The molecule has 0 spiro atoms. The Bertz CT molecular complexity index is 989. The monoisotopic (exact) mass is 448 g/mol. The van der Waals surface area contributed by atoms with Crippen molar-refractivity contribution in [2.75, 3.05) is 14.2 Å². The predicted molar refractivity (Wildman–Crippen MR) is 128 cm³/mol. The van der Waals surface area contributed by atoms with Crippen LogP contribution in [0.2, 0.25) is 0 Å². The highest BCUT2D eigenvalue weighted by Gasteiger charge is 2.46. The number of ether oxygens (including phenoxy) is 2. The number of rotatable bonds is 7. The van der Waals surface area contributed by atoms with Crippen molar-refractivity contribution in [3.63, 3.8) is 0 Å². The van der Waals surface area contributed by atoms with Gasteiger partial charge in [0.15, 0.2) is 11.5 Å². The highest BCUT2D eigenvalue weighted by Crippen LogP contribution is 2.59. The fourth-order valence-electron chi connectivity index (χ4n) is 4.10. The van der Waals surface area contributed by atoms with Gasteiger partial charge in [0.05, 0.1) is 14.2 Å². The lowest BCUT2D eigenvalue weighted by Gasteiger charge is -2.28. The molecule has 0 aliphatic carbocycles. The molecular weight excluding hydrogens is 423 g/mol. The number of hydrogen-bond donors (Lipinski definition) is 0. The zero-order valence-electron chi connectivity index (χ0n) is 17.7. The van der Waals surface area contributed by atoms with Crippen molar-refractivity contribution in [2.45, 2.75) is 6.16 Å². The third-order valence-corrected chi connectivity index (χ3v) is 9.84. The minimum atomic E-state index is -1.98. The Morgan fingerprint density at radius 1 is 0.548 bits per heavy atom. The maximum atomic E-state index is 5.81. The maximum absolute atomic E-state index is 5.81. The minimum Gasteiger partial charge on any atom is -1.00 e. The van der Waals surface area contributed by atoms with Crippen molar-refractivity contribution < 1.29 is 21.9 Å². The molecule has 0 amide bonds. The molecule has 0 aromatic heterocycles. The fourth-order valence-corrected chi connectivity index (χ4v) is 8.35. The first-order valence-corrected chi connectivity index (χ1v) is 12.0. The molecule has 0 N–H and O–H groups in total. The zero-order chi connectivity index (χ0) is 20.8. The molecule has 4 heteroatoms. The quantitative estimate of drug-likeness (QED) is 0.404. The van der Waals surface area contributed by atoms with Gasteiger partial charge in [0.2, 0.25) is 0 Å². The molecule has 158 valence electrons. The van der Waals surface area contributed by atoms with E-state index in [0.29, 0.717) is 0 Å². The molecule has 2 nitrogen and oxygen atoms in total. The van der Waals surface area contributed by atoms with E-state index in [1.807, 2.05) is 12.1 Å². The molecule has 0 saturated carbocycles. The van der Waals surface area contributed by atoms with Crippen LogP contribution in [0.3, 0.4) is 0 Å². The van der Waals surface area contributed by atoms with Crippen molar-refractivity contribution >= 4 is 23.2 Å². The van der Waals surface area contributed by atoms with E-state index >= 15 is 0 Å². The minimum absolute atomic E-state index is 0. The van der Waals surface area contributed by atoms with Gasteiger partial charge in [-0.2, -0.15) is 0 Å². The summed E-state index contributed by atoms with van der Waals surface area (Å²) in [5, 5.41) is 4.06. The van der Waals surface area contributed by atoms with Gasteiger partial charge in [0.25, 0.3) is 0 Å². The number of halogens is 1. The lowest BCUT2D eigenvalue weighted by Crippen LogP contribution is -3.00. The number of methoxy groups -OCH3 is 2. The molecule has 4 rings (SSSR count). The van der Waals surface area contributed by atoms with Gasteiger partial charge in [0, 0.05) is 5.56 Å². The first kappa shape index (κ1) is 22.9. The molecule has 0 saturated heterocycles. The average molecular weight is 449 g/mol. The topological polar surface area (TPSA) is 18.5 Å². The molecule has 0 heterocycles. The Hall–Kier alpha value is -2.80. The van der Waals surface area contributed by atoms with Crippen LogP contribution in [-0.2, 0) is 6.16 Å². The van der Waals surface area contributed by atoms with Gasteiger partial charge >= 0.3 is 0 Å². The smallest absolute Gasteiger partial charge is 0.167 e. The maximum Gasteiger partial charge on any atom is 0.167 e. The molecular formula is C27H26ClO2P. The van der Waals surface area contributed by atoms with Crippen LogP contribution in [0.5, 0.6) is 11.5 Å². The summed E-state index contributed by atoms with van der Waals surface area (Å²) in [7, 11) is 1.43. The van der Waals surface area contributed by atoms with Gasteiger partial charge in [-0.1, -0.05) is 66.7 Å². The molecule has 0 radical (unpaired) electrons. The number of para-hydroxylation sites is 1. The number of benzene rings is 4. The van der Waals surface area contributed by atoms with Gasteiger partial charge in [-0.25, -0.2) is 0 Å². The molecule has 0 aliphatic rings. The first-order chi connectivity index (χ1) is 14.8. The SMILES string of the molecule is COc1cccc(C[P+](c2ccccc2)(c2ccccc2)c2ccccc2)c1OC.[Cl-]. The van der Waals surface area contributed by atoms with E-state index in [2.05, 4.69) is 97.1 Å². The van der Waals surface area contributed by atoms with Crippen LogP contribution in [0, 0.1) is 0 Å². The van der Waals surface area contributed by atoms with Crippen LogP contribution < -0.4 is 37.8 Å². The molecule has 4 aromatic carbocycles. The standard InChI is InChI=1S/C27H26O2P.ClH/c1-28-26-20-12-13-22(27(26)29-2)21-30(23-14-6-3-7-15-23,24-16-8-4-9-17-24)25-18-10-5-11-19-25;/h3-20H,21H2,1-2H3;1H/q+1;/p-1. The van der Waals surface area contributed by atoms with Crippen molar-refractivity contribution in [1.82, 2.24) is 0 Å². The van der Waals surface area contributed by atoms with Crippen LogP contribution in [0.15, 0.2) is 109 Å². The Morgan fingerprint density at radius 3 is 1.39 bits per heavy atom. The third kappa shape index (κ3) is 4.46.